The van der Waals surface area contributed by atoms with E-state index in [1.54, 1.807) is 0 Å². The topological polar surface area (TPSA) is 61.4 Å². The number of likely N-dealkylation sites (N-methyl/N-ethyl adjacent to an activating group) is 1. The summed E-state index contributed by atoms with van der Waals surface area (Å²) in [5.41, 5.74) is 8.93. The lowest BCUT2D eigenvalue weighted by atomic mass is 10.0. The second kappa shape index (κ2) is 13.3. The molecule has 2 aliphatic heterocycles. The van der Waals surface area contributed by atoms with Crippen LogP contribution in [-0.2, 0) is 18.4 Å². The van der Waals surface area contributed by atoms with Crippen LogP contribution in [0.15, 0.2) is 132 Å². The molecule has 0 spiro atoms. The second-order valence-corrected chi connectivity index (χ2v) is 13.0. The number of fused-ring (bicyclic) bond motifs is 3. The maximum absolute atomic E-state index is 12.1. The lowest BCUT2D eigenvalue weighted by Crippen LogP contribution is -2.28. The summed E-state index contributed by atoms with van der Waals surface area (Å²) in [5.74, 6) is 1.54. The molecule has 0 bridgehead atoms. The van der Waals surface area contributed by atoms with E-state index in [4.69, 9.17) is 9.73 Å². The van der Waals surface area contributed by atoms with Crippen LogP contribution in [0, 0.1) is 6.92 Å². The van der Waals surface area contributed by atoms with Crippen molar-refractivity contribution in [1.29, 1.82) is 0 Å². The van der Waals surface area contributed by atoms with Gasteiger partial charge < -0.3 is 14.5 Å². The molecule has 0 N–H and O–H groups in total. The summed E-state index contributed by atoms with van der Waals surface area (Å²) >= 11 is 1.83. The zero-order valence-electron chi connectivity index (χ0n) is 27.3. The van der Waals surface area contributed by atoms with Crippen molar-refractivity contribution >= 4 is 50.4 Å². The largest absolute Gasteiger partial charge is 0.492 e. The first-order valence-electron chi connectivity index (χ1n) is 15.9. The number of benzene rings is 4. The highest BCUT2D eigenvalue weighted by Crippen LogP contribution is 2.31. The molecular formula is C40H36N5O2S+. The molecule has 7 nitrogen and oxygen atoms in total. The van der Waals surface area contributed by atoms with Crippen LogP contribution in [0.2, 0.25) is 0 Å². The summed E-state index contributed by atoms with van der Waals surface area (Å²) in [5, 5.41) is 1.25. The van der Waals surface area contributed by atoms with Gasteiger partial charge in [0.25, 0.3) is 10.9 Å². The van der Waals surface area contributed by atoms with Crippen LogP contribution >= 0.6 is 11.3 Å². The fraction of sp³-hybridized carbons (Fsp3) is 0.150. The Morgan fingerprint density at radius 1 is 1.04 bits per heavy atom. The Morgan fingerprint density at radius 2 is 1.81 bits per heavy atom. The number of hydrogen-bond acceptors (Lipinski definition) is 5. The third kappa shape index (κ3) is 6.35. The normalized spacial score (nSPS) is 14.6. The van der Waals surface area contributed by atoms with Gasteiger partial charge in [-0.05, 0) is 89.9 Å². The van der Waals surface area contributed by atoms with Gasteiger partial charge in [-0.25, -0.2) is 4.99 Å². The number of amides is 1. The van der Waals surface area contributed by atoms with Crippen LogP contribution in [0.25, 0.3) is 26.4 Å². The van der Waals surface area contributed by atoms with E-state index in [1.165, 1.54) is 32.4 Å². The average molecular weight is 651 g/mol. The van der Waals surface area contributed by atoms with Crippen LogP contribution in [-0.4, -0.2) is 42.7 Å². The number of thiazole rings is 1. The predicted octanol–water partition coefficient (Wildman–Crippen LogP) is 7.50. The fourth-order valence-corrected chi connectivity index (χ4v) is 7.20. The molecule has 5 aromatic rings. The Bertz CT molecular complexity index is 2160. The molecule has 1 aromatic heterocycles. The zero-order valence-corrected chi connectivity index (χ0v) is 28.1. The molecule has 1 amide bonds. The number of aliphatic imine (C=N–C) groups is 2. The van der Waals surface area contributed by atoms with E-state index >= 15 is 0 Å². The van der Waals surface area contributed by atoms with Crippen molar-refractivity contribution in [3.8, 4) is 16.3 Å². The van der Waals surface area contributed by atoms with Gasteiger partial charge in [-0.15, -0.1) is 0 Å². The fourth-order valence-electron chi connectivity index (χ4n) is 5.95. The highest BCUT2D eigenvalue weighted by molar-refractivity contribution is 7.21. The van der Waals surface area contributed by atoms with E-state index in [-0.39, 0.29) is 0 Å². The molecule has 0 fully saturated rings. The second-order valence-electron chi connectivity index (χ2n) is 11.9. The standard InChI is InChI=1S/C40H36N5O2S/c1-5-38(46)42-39-34-9-7-6-8-31(34)26-45-25-30(15-21-37(45)41-39)28-13-18-33(19-14-28)47-23-22-43(3)32-16-11-29(12-17-32)40-44(4)35-20-10-27(2)24-36(35)48-40/h5-21,24-25H,1,22-23,26H2,2-4H3/q+1. The Kier molecular flexibility index (Phi) is 8.57. The first-order chi connectivity index (χ1) is 23.4. The Morgan fingerprint density at radius 3 is 2.60 bits per heavy atom. The van der Waals surface area contributed by atoms with Crippen LogP contribution < -0.4 is 14.2 Å². The quantitative estimate of drug-likeness (QED) is 0.129. The summed E-state index contributed by atoms with van der Waals surface area (Å²) in [6.45, 7) is 7.62. The van der Waals surface area contributed by atoms with Crippen molar-refractivity contribution in [2.45, 2.75) is 13.5 Å². The van der Waals surface area contributed by atoms with Crippen molar-refractivity contribution in [3.63, 3.8) is 0 Å². The number of carbonyl (C=O) groups is 1. The SMILES string of the molecule is C=CC(=O)N=C1N=C2C=CC(c3ccc(OCCN(C)c4ccc(-c5sc6cc(C)ccc6[n+]5C)cc4)cc3)=CN2Cc2ccccc21. The van der Waals surface area contributed by atoms with Gasteiger partial charge in [-0.3, -0.25) is 4.79 Å². The zero-order chi connectivity index (χ0) is 33.2. The first kappa shape index (κ1) is 31.0. The minimum absolute atomic E-state index is 0.398. The number of anilines is 1. The van der Waals surface area contributed by atoms with E-state index in [0.29, 0.717) is 19.0 Å². The smallest absolute Gasteiger partial charge is 0.271 e. The molecule has 0 saturated carbocycles. The summed E-state index contributed by atoms with van der Waals surface area (Å²) in [6, 6.07) is 31.5. The number of aryl methyl sites for hydroxylation is 2. The molecule has 0 atom stereocenters. The third-order valence-electron chi connectivity index (χ3n) is 8.64. The van der Waals surface area contributed by atoms with Crippen LogP contribution in [0.3, 0.4) is 0 Å². The number of allylic oxidation sites excluding steroid dienone is 2. The summed E-state index contributed by atoms with van der Waals surface area (Å²) in [4.78, 5) is 25.3. The van der Waals surface area contributed by atoms with Gasteiger partial charge in [0.05, 0.1) is 12.1 Å². The lowest BCUT2D eigenvalue weighted by molar-refractivity contribution is -0.629. The van der Waals surface area contributed by atoms with Crippen molar-refractivity contribution in [1.82, 2.24) is 4.90 Å². The summed E-state index contributed by atoms with van der Waals surface area (Å²) in [6.07, 6.45) is 7.29. The molecule has 4 aromatic carbocycles. The lowest BCUT2D eigenvalue weighted by Gasteiger charge is -2.23. The van der Waals surface area contributed by atoms with E-state index in [0.717, 1.165) is 46.1 Å². The maximum Gasteiger partial charge on any atom is 0.271 e. The number of aromatic nitrogens is 1. The van der Waals surface area contributed by atoms with Crippen LogP contribution in [0.1, 0.15) is 22.3 Å². The molecule has 0 saturated heterocycles. The molecule has 48 heavy (non-hydrogen) atoms. The molecule has 2 aliphatic rings. The summed E-state index contributed by atoms with van der Waals surface area (Å²) in [7, 11) is 4.23. The Hall–Kier alpha value is -5.60. The monoisotopic (exact) mass is 650 g/mol. The van der Waals surface area contributed by atoms with Gasteiger partial charge in [0.2, 0.25) is 5.52 Å². The molecular weight excluding hydrogens is 615 g/mol. The Balaban J connectivity index is 0.978. The number of nitrogens with zero attached hydrogens (tertiary/aromatic N) is 5. The number of rotatable bonds is 8. The van der Waals surface area contributed by atoms with Crippen LogP contribution in [0.5, 0.6) is 5.75 Å². The van der Waals surface area contributed by atoms with Crippen molar-refractivity contribution < 1.29 is 14.1 Å². The van der Waals surface area contributed by atoms with E-state index in [9.17, 15) is 4.79 Å². The van der Waals surface area contributed by atoms with Crippen molar-refractivity contribution in [2.75, 3.05) is 25.1 Å². The third-order valence-corrected chi connectivity index (χ3v) is 9.89. The highest BCUT2D eigenvalue weighted by atomic mass is 32.1. The molecule has 8 heteroatoms. The van der Waals surface area contributed by atoms with Gasteiger partial charge in [0, 0.05) is 37.1 Å². The minimum atomic E-state index is -0.413. The maximum atomic E-state index is 12.1. The molecule has 0 unspecified atom stereocenters. The van der Waals surface area contributed by atoms with Gasteiger partial charge in [-0.1, -0.05) is 60.4 Å². The number of ether oxygens (including phenoxy) is 1. The summed E-state index contributed by atoms with van der Waals surface area (Å²) < 4.78 is 9.71. The highest BCUT2D eigenvalue weighted by Gasteiger charge is 2.22. The number of amidine groups is 2. The van der Waals surface area contributed by atoms with Crippen LogP contribution in [0.4, 0.5) is 5.69 Å². The van der Waals surface area contributed by atoms with E-state index in [1.807, 2.05) is 59.9 Å². The van der Waals surface area contributed by atoms with Gasteiger partial charge in [-0.2, -0.15) is 9.56 Å². The molecule has 0 radical (unpaired) electrons. The van der Waals surface area contributed by atoms with Crippen molar-refractivity contribution in [2.24, 2.45) is 17.0 Å². The van der Waals surface area contributed by atoms with Crippen molar-refractivity contribution in [3.05, 3.63) is 144 Å². The number of carbonyl (C=O) groups excluding carboxylic acids is 1. The molecule has 7 rings (SSSR count). The van der Waals surface area contributed by atoms with Gasteiger partial charge in [0.15, 0.2) is 5.84 Å². The first-order valence-corrected chi connectivity index (χ1v) is 16.7. The van der Waals surface area contributed by atoms with E-state index in [2.05, 4.69) is 108 Å². The molecule has 238 valence electrons. The predicted molar refractivity (Wildman–Crippen MR) is 197 cm³/mol. The Labute approximate surface area is 284 Å². The molecule has 3 heterocycles. The van der Waals surface area contributed by atoms with E-state index < -0.39 is 5.91 Å². The van der Waals surface area contributed by atoms with Gasteiger partial charge in [0.1, 0.15) is 29.9 Å². The number of hydrogen-bond donors (Lipinski definition) is 0. The van der Waals surface area contributed by atoms with Gasteiger partial charge >= 0.3 is 0 Å². The molecule has 0 aliphatic carbocycles. The average Bonchev–Trinajstić information content (AvgIpc) is 3.34. The minimum Gasteiger partial charge on any atom is -0.492 e.